The van der Waals surface area contributed by atoms with E-state index in [-0.39, 0.29) is 40.8 Å². The Balaban J connectivity index is 1.84. The molecule has 3 rings (SSSR count). The van der Waals surface area contributed by atoms with Gasteiger partial charge < -0.3 is 14.3 Å². The van der Waals surface area contributed by atoms with Gasteiger partial charge in [-0.2, -0.15) is 4.31 Å². The van der Waals surface area contributed by atoms with Gasteiger partial charge in [0, 0.05) is 19.1 Å². The minimum atomic E-state index is -3.85. The molecule has 1 aliphatic rings. The first kappa shape index (κ1) is 20.3. The van der Waals surface area contributed by atoms with Crippen molar-refractivity contribution >= 4 is 28.1 Å². The highest BCUT2D eigenvalue weighted by atomic mass is 32.2. The number of carbonyl (C=O) groups is 1. The summed E-state index contributed by atoms with van der Waals surface area (Å²) in [5.74, 6) is 0.228. The fourth-order valence-electron chi connectivity index (χ4n) is 3.25. The van der Waals surface area contributed by atoms with Crippen molar-refractivity contribution in [2.45, 2.75) is 44.6 Å². The maximum atomic E-state index is 13.3. The Labute approximate surface area is 164 Å². The zero-order chi connectivity index (χ0) is 20.3. The fourth-order valence-corrected chi connectivity index (χ4v) is 5.02. The third-order valence-electron chi connectivity index (χ3n) is 4.56. The van der Waals surface area contributed by atoms with E-state index in [1.165, 1.54) is 16.6 Å². The molecular weight excluding hydrogens is 382 g/mol. The molecule has 1 fully saturated rings. The van der Waals surface area contributed by atoms with Crippen LogP contribution in [0.4, 0.5) is 0 Å². The van der Waals surface area contributed by atoms with Crippen molar-refractivity contribution in [3.63, 3.8) is 0 Å². The SMILES string of the molecule is Cc1noc(/C=C/c2ccco2)c1S(=O)(=O)N1CCC[C@H](C(=O)NC(C)C)C1. The van der Waals surface area contributed by atoms with E-state index in [1.807, 2.05) is 13.8 Å². The van der Waals surface area contributed by atoms with Gasteiger partial charge in [-0.3, -0.25) is 4.79 Å². The van der Waals surface area contributed by atoms with Crippen LogP contribution in [0.2, 0.25) is 0 Å². The summed E-state index contributed by atoms with van der Waals surface area (Å²) in [6, 6.07) is 3.49. The standard InChI is InChI=1S/C19H25N3O5S/c1-13(2)20-19(23)15-6-4-10-22(12-15)28(24,25)18-14(3)21-27-17(18)9-8-16-7-5-11-26-16/h5,7-9,11,13,15H,4,6,10,12H2,1-3H3,(H,20,23)/b9-8+/t15-/m0/s1. The van der Waals surface area contributed by atoms with E-state index in [4.69, 9.17) is 8.94 Å². The first-order valence-corrected chi connectivity index (χ1v) is 10.7. The van der Waals surface area contributed by atoms with Crippen LogP contribution in [0.3, 0.4) is 0 Å². The molecule has 0 unspecified atom stereocenters. The van der Waals surface area contributed by atoms with Gasteiger partial charge >= 0.3 is 0 Å². The zero-order valence-corrected chi connectivity index (χ0v) is 17.0. The number of hydrogen-bond acceptors (Lipinski definition) is 6. The van der Waals surface area contributed by atoms with Crippen molar-refractivity contribution in [3.05, 3.63) is 35.6 Å². The smallest absolute Gasteiger partial charge is 0.248 e. The number of amides is 1. The number of carbonyl (C=O) groups excluding carboxylic acids is 1. The number of furan rings is 1. The van der Waals surface area contributed by atoms with Crippen LogP contribution in [-0.2, 0) is 14.8 Å². The Kier molecular flexibility index (Phi) is 6.04. The minimum Gasteiger partial charge on any atom is -0.465 e. The van der Waals surface area contributed by atoms with E-state index < -0.39 is 10.0 Å². The largest absolute Gasteiger partial charge is 0.465 e. The van der Waals surface area contributed by atoms with Crippen molar-refractivity contribution < 1.29 is 22.2 Å². The molecule has 9 heteroatoms. The molecule has 8 nitrogen and oxygen atoms in total. The van der Waals surface area contributed by atoms with Crippen LogP contribution >= 0.6 is 0 Å². The molecule has 0 aliphatic carbocycles. The molecule has 1 amide bonds. The molecule has 2 aromatic rings. The molecule has 0 saturated carbocycles. The van der Waals surface area contributed by atoms with E-state index in [9.17, 15) is 13.2 Å². The molecule has 0 radical (unpaired) electrons. The predicted octanol–water partition coefficient (Wildman–Crippen LogP) is 2.67. The fraction of sp³-hybridized carbons (Fsp3) is 0.474. The van der Waals surface area contributed by atoms with Crippen LogP contribution in [0, 0.1) is 12.8 Å². The number of nitrogens with zero attached hydrogens (tertiary/aromatic N) is 2. The van der Waals surface area contributed by atoms with E-state index in [1.54, 1.807) is 25.1 Å². The molecule has 1 saturated heterocycles. The van der Waals surface area contributed by atoms with Crippen molar-refractivity contribution in [2.24, 2.45) is 5.92 Å². The lowest BCUT2D eigenvalue weighted by Crippen LogP contribution is -2.46. The second kappa shape index (κ2) is 8.32. The Morgan fingerprint density at radius 2 is 2.18 bits per heavy atom. The summed E-state index contributed by atoms with van der Waals surface area (Å²) in [5.41, 5.74) is 0.285. The Hall–Kier alpha value is -2.39. The highest BCUT2D eigenvalue weighted by Crippen LogP contribution is 2.29. The lowest BCUT2D eigenvalue weighted by Gasteiger charge is -2.31. The lowest BCUT2D eigenvalue weighted by atomic mass is 9.98. The summed E-state index contributed by atoms with van der Waals surface area (Å²) in [6.45, 7) is 5.86. The second-order valence-corrected chi connectivity index (χ2v) is 9.05. The van der Waals surface area contributed by atoms with Crippen molar-refractivity contribution in [1.82, 2.24) is 14.8 Å². The Morgan fingerprint density at radius 1 is 1.39 bits per heavy atom. The van der Waals surface area contributed by atoms with Gasteiger partial charge in [0.25, 0.3) is 0 Å². The minimum absolute atomic E-state index is 0.0122. The van der Waals surface area contributed by atoms with Gasteiger partial charge in [-0.15, -0.1) is 0 Å². The first-order chi connectivity index (χ1) is 13.3. The van der Waals surface area contributed by atoms with Crippen LogP contribution in [-0.4, -0.2) is 42.9 Å². The van der Waals surface area contributed by atoms with Gasteiger partial charge in [0.1, 0.15) is 11.5 Å². The van der Waals surface area contributed by atoms with E-state index >= 15 is 0 Å². The van der Waals surface area contributed by atoms with Gasteiger partial charge in [0.2, 0.25) is 15.9 Å². The van der Waals surface area contributed by atoms with Crippen LogP contribution < -0.4 is 5.32 Å². The van der Waals surface area contributed by atoms with Gasteiger partial charge in [0.05, 0.1) is 12.2 Å². The van der Waals surface area contributed by atoms with Gasteiger partial charge in [-0.05, 0) is 57.9 Å². The van der Waals surface area contributed by atoms with Crippen LogP contribution in [0.1, 0.15) is 43.9 Å². The highest BCUT2D eigenvalue weighted by molar-refractivity contribution is 7.89. The molecule has 0 bridgehead atoms. The van der Waals surface area contributed by atoms with Gasteiger partial charge in [-0.25, -0.2) is 8.42 Å². The lowest BCUT2D eigenvalue weighted by molar-refractivity contribution is -0.126. The van der Waals surface area contributed by atoms with Crippen molar-refractivity contribution in [2.75, 3.05) is 13.1 Å². The molecule has 3 heterocycles. The molecule has 1 aliphatic heterocycles. The van der Waals surface area contributed by atoms with E-state index in [2.05, 4.69) is 10.5 Å². The Bertz CT molecular complexity index is 944. The Morgan fingerprint density at radius 3 is 2.86 bits per heavy atom. The second-order valence-electron chi connectivity index (χ2n) is 7.18. The van der Waals surface area contributed by atoms with Crippen molar-refractivity contribution in [3.8, 4) is 0 Å². The number of aryl methyl sites for hydroxylation is 1. The zero-order valence-electron chi connectivity index (χ0n) is 16.2. The normalized spacial score (nSPS) is 18.8. The van der Waals surface area contributed by atoms with Crippen LogP contribution in [0.15, 0.2) is 32.2 Å². The van der Waals surface area contributed by atoms with Crippen LogP contribution in [0.5, 0.6) is 0 Å². The summed E-state index contributed by atoms with van der Waals surface area (Å²) in [7, 11) is -3.85. The third kappa shape index (κ3) is 4.36. The maximum Gasteiger partial charge on any atom is 0.248 e. The molecule has 28 heavy (non-hydrogen) atoms. The number of rotatable bonds is 6. The number of piperidine rings is 1. The molecule has 2 aromatic heterocycles. The first-order valence-electron chi connectivity index (χ1n) is 9.27. The molecule has 1 N–H and O–H groups in total. The highest BCUT2D eigenvalue weighted by Gasteiger charge is 2.36. The summed E-state index contributed by atoms with van der Waals surface area (Å²) in [6.07, 6.45) is 5.96. The summed E-state index contributed by atoms with van der Waals surface area (Å²) in [5, 5.41) is 6.69. The number of sulfonamides is 1. The van der Waals surface area contributed by atoms with Crippen LogP contribution in [0.25, 0.3) is 12.2 Å². The number of nitrogens with one attached hydrogen (secondary N) is 1. The monoisotopic (exact) mass is 407 g/mol. The average molecular weight is 407 g/mol. The predicted molar refractivity (Wildman–Crippen MR) is 104 cm³/mol. The molecule has 1 atom stereocenters. The molecule has 0 spiro atoms. The van der Waals surface area contributed by atoms with Crippen molar-refractivity contribution in [1.29, 1.82) is 0 Å². The number of hydrogen-bond donors (Lipinski definition) is 1. The third-order valence-corrected chi connectivity index (χ3v) is 6.58. The van der Waals surface area contributed by atoms with E-state index in [0.717, 1.165) is 0 Å². The quantitative estimate of drug-likeness (QED) is 0.789. The summed E-state index contributed by atoms with van der Waals surface area (Å²) in [4.78, 5) is 12.4. The molecule has 152 valence electrons. The van der Waals surface area contributed by atoms with Gasteiger partial charge in [0.15, 0.2) is 10.7 Å². The summed E-state index contributed by atoms with van der Waals surface area (Å²) >= 11 is 0. The maximum absolute atomic E-state index is 13.3. The molecule has 0 aromatic carbocycles. The average Bonchev–Trinajstić information content (AvgIpc) is 3.29. The summed E-state index contributed by atoms with van der Waals surface area (Å²) < 4.78 is 38.4. The molecular formula is C19H25N3O5S. The number of aromatic nitrogens is 1. The van der Waals surface area contributed by atoms with Gasteiger partial charge in [-0.1, -0.05) is 5.16 Å². The van der Waals surface area contributed by atoms with E-state index in [0.29, 0.717) is 25.1 Å². The topological polar surface area (TPSA) is 106 Å².